The Bertz CT molecular complexity index is 392. The third kappa shape index (κ3) is 2.33. The molecular formula is C12H15NO3. The van der Waals surface area contributed by atoms with Gasteiger partial charge in [0.15, 0.2) is 0 Å². The van der Waals surface area contributed by atoms with E-state index in [2.05, 4.69) is 0 Å². The van der Waals surface area contributed by atoms with Crippen molar-refractivity contribution in [3.63, 3.8) is 0 Å². The van der Waals surface area contributed by atoms with Crippen molar-refractivity contribution in [2.24, 2.45) is 0 Å². The van der Waals surface area contributed by atoms with Gasteiger partial charge < -0.3 is 15.1 Å². The maximum atomic E-state index is 12.0. The fraction of sp³-hybridized carbons (Fsp3) is 0.417. The molecule has 0 spiro atoms. The summed E-state index contributed by atoms with van der Waals surface area (Å²) >= 11 is 0. The SMILES string of the molecule is O=C(c1cccc(O)c1)N1CCC[C@H](O)C1. The molecule has 0 saturated carbocycles. The summed E-state index contributed by atoms with van der Waals surface area (Å²) in [6.45, 7) is 1.06. The molecule has 2 N–H and O–H groups in total. The summed E-state index contributed by atoms with van der Waals surface area (Å²) < 4.78 is 0. The second-order valence-corrected chi connectivity index (χ2v) is 4.10. The monoisotopic (exact) mass is 221 g/mol. The number of carbonyl (C=O) groups is 1. The number of piperidine rings is 1. The number of nitrogens with zero attached hydrogens (tertiary/aromatic N) is 1. The van der Waals surface area contributed by atoms with Crippen molar-refractivity contribution in [2.45, 2.75) is 18.9 Å². The van der Waals surface area contributed by atoms with Gasteiger partial charge in [0.2, 0.25) is 0 Å². The molecule has 0 radical (unpaired) electrons. The number of hydrogen-bond donors (Lipinski definition) is 2. The van der Waals surface area contributed by atoms with E-state index in [0.29, 0.717) is 18.7 Å². The minimum absolute atomic E-state index is 0.0865. The molecule has 2 rings (SSSR count). The van der Waals surface area contributed by atoms with Gasteiger partial charge in [-0.15, -0.1) is 0 Å². The maximum absolute atomic E-state index is 12.0. The van der Waals surface area contributed by atoms with Crippen molar-refractivity contribution >= 4 is 5.91 Å². The summed E-state index contributed by atoms with van der Waals surface area (Å²) in [4.78, 5) is 13.6. The van der Waals surface area contributed by atoms with Crippen LogP contribution in [0.4, 0.5) is 0 Å². The Morgan fingerprint density at radius 1 is 1.44 bits per heavy atom. The van der Waals surface area contributed by atoms with Gasteiger partial charge in [-0.25, -0.2) is 0 Å². The van der Waals surface area contributed by atoms with Gasteiger partial charge in [0, 0.05) is 18.7 Å². The largest absolute Gasteiger partial charge is 0.508 e. The molecule has 4 nitrogen and oxygen atoms in total. The molecule has 0 aromatic heterocycles. The number of aliphatic hydroxyl groups is 1. The topological polar surface area (TPSA) is 60.8 Å². The number of aromatic hydroxyl groups is 1. The van der Waals surface area contributed by atoms with Crippen LogP contribution in [0.15, 0.2) is 24.3 Å². The van der Waals surface area contributed by atoms with Crippen molar-refractivity contribution < 1.29 is 15.0 Å². The van der Waals surface area contributed by atoms with Gasteiger partial charge in [-0.05, 0) is 31.0 Å². The fourth-order valence-electron chi connectivity index (χ4n) is 1.96. The van der Waals surface area contributed by atoms with Gasteiger partial charge in [-0.1, -0.05) is 6.07 Å². The van der Waals surface area contributed by atoms with E-state index in [1.165, 1.54) is 12.1 Å². The molecule has 0 bridgehead atoms. The molecule has 1 aliphatic rings. The number of hydrogen-bond acceptors (Lipinski definition) is 3. The molecule has 1 aromatic carbocycles. The van der Waals surface area contributed by atoms with Crippen molar-refractivity contribution in [3.05, 3.63) is 29.8 Å². The molecule has 1 aliphatic heterocycles. The third-order valence-corrected chi connectivity index (χ3v) is 2.78. The summed E-state index contributed by atoms with van der Waals surface area (Å²) in [6, 6.07) is 6.29. The Morgan fingerprint density at radius 3 is 2.94 bits per heavy atom. The van der Waals surface area contributed by atoms with Crippen LogP contribution in [0.25, 0.3) is 0 Å². The zero-order chi connectivity index (χ0) is 11.5. The van der Waals surface area contributed by atoms with Crippen molar-refractivity contribution in [1.82, 2.24) is 4.90 Å². The molecule has 1 fully saturated rings. The minimum Gasteiger partial charge on any atom is -0.508 e. The Hall–Kier alpha value is -1.55. The van der Waals surface area contributed by atoms with Crippen LogP contribution in [0.5, 0.6) is 5.75 Å². The summed E-state index contributed by atoms with van der Waals surface area (Å²) in [5.41, 5.74) is 0.467. The smallest absolute Gasteiger partial charge is 0.254 e. The Balaban J connectivity index is 2.12. The lowest BCUT2D eigenvalue weighted by Crippen LogP contribution is -2.42. The first kappa shape index (κ1) is 11.0. The number of phenolic OH excluding ortho intramolecular Hbond substituents is 1. The highest BCUT2D eigenvalue weighted by Crippen LogP contribution is 2.16. The van der Waals surface area contributed by atoms with Crippen LogP contribution in [0.2, 0.25) is 0 Å². The molecule has 4 heteroatoms. The summed E-state index contributed by atoms with van der Waals surface area (Å²) in [5, 5.41) is 18.8. The normalized spacial score (nSPS) is 20.8. The number of benzene rings is 1. The molecular weight excluding hydrogens is 206 g/mol. The number of aliphatic hydroxyl groups excluding tert-OH is 1. The highest BCUT2D eigenvalue weighted by molar-refractivity contribution is 5.94. The zero-order valence-electron chi connectivity index (χ0n) is 8.97. The lowest BCUT2D eigenvalue weighted by atomic mass is 10.1. The number of β-amino-alcohol motifs (C(OH)–C–C–N with tert-alkyl or cyclic N) is 1. The summed E-state index contributed by atoms with van der Waals surface area (Å²) in [5.74, 6) is -0.0435. The number of carbonyl (C=O) groups excluding carboxylic acids is 1. The quantitative estimate of drug-likeness (QED) is 0.743. The fourth-order valence-corrected chi connectivity index (χ4v) is 1.96. The van der Waals surface area contributed by atoms with Crippen LogP contribution in [0.3, 0.4) is 0 Å². The van der Waals surface area contributed by atoms with Crippen LogP contribution < -0.4 is 0 Å². The predicted octanol–water partition coefficient (Wildman–Crippen LogP) is 0.989. The molecule has 1 atom stereocenters. The van der Waals surface area contributed by atoms with Crippen LogP contribution >= 0.6 is 0 Å². The molecule has 1 saturated heterocycles. The third-order valence-electron chi connectivity index (χ3n) is 2.78. The second kappa shape index (κ2) is 4.53. The van der Waals surface area contributed by atoms with E-state index in [0.717, 1.165) is 12.8 Å². The second-order valence-electron chi connectivity index (χ2n) is 4.10. The summed E-state index contributed by atoms with van der Waals surface area (Å²) in [7, 11) is 0. The van der Waals surface area contributed by atoms with E-state index < -0.39 is 6.10 Å². The first-order valence-electron chi connectivity index (χ1n) is 5.43. The van der Waals surface area contributed by atoms with Gasteiger partial charge in [-0.3, -0.25) is 4.79 Å². The highest BCUT2D eigenvalue weighted by atomic mass is 16.3. The summed E-state index contributed by atoms with van der Waals surface area (Å²) in [6.07, 6.45) is 1.16. The Labute approximate surface area is 94.1 Å². The van der Waals surface area contributed by atoms with Crippen LogP contribution in [0.1, 0.15) is 23.2 Å². The molecule has 16 heavy (non-hydrogen) atoms. The molecule has 1 heterocycles. The number of phenols is 1. The van der Waals surface area contributed by atoms with E-state index in [9.17, 15) is 15.0 Å². The lowest BCUT2D eigenvalue weighted by Gasteiger charge is -2.30. The lowest BCUT2D eigenvalue weighted by molar-refractivity contribution is 0.0473. The van der Waals surface area contributed by atoms with E-state index in [1.54, 1.807) is 17.0 Å². The molecule has 1 amide bonds. The van der Waals surface area contributed by atoms with E-state index in [1.807, 2.05) is 0 Å². The average molecular weight is 221 g/mol. The molecule has 0 aliphatic carbocycles. The van der Waals surface area contributed by atoms with Crippen molar-refractivity contribution in [1.29, 1.82) is 0 Å². The van der Waals surface area contributed by atoms with Crippen molar-refractivity contribution in [3.8, 4) is 5.75 Å². The minimum atomic E-state index is -0.421. The van der Waals surface area contributed by atoms with Gasteiger partial charge in [0.1, 0.15) is 5.75 Å². The first-order valence-corrected chi connectivity index (χ1v) is 5.43. The highest BCUT2D eigenvalue weighted by Gasteiger charge is 2.22. The van der Waals surface area contributed by atoms with Crippen LogP contribution in [-0.2, 0) is 0 Å². The number of likely N-dealkylation sites (tertiary alicyclic amines) is 1. The Morgan fingerprint density at radius 2 is 2.25 bits per heavy atom. The standard InChI is InChI=1S/C12H15NO3/c14-10-4-1-3-9(7-10)12(16)13-6-2-5-11(15)8-13/h1,3-4,7,11,14-15H,2,5-6,8H2/t11-/m0/s1. The van der Waals surface area contributed by atoms with Gasteiger partial charge in [0.05, 0.1) is 6.10 Å². The van der Waals surface area contributed by atoms with Crippen LogP contribution in [-0.4, -0.2) is 40.2 Å². The van der Waals surface area contributed by atoms with Gasteiger partial charge >= 0.3 is 0 Å². The maximum Gasteiger partial charge on any atom is 0.254 e. The van der Waals surface area contributed by atoms with E-state index in [4.69, 9.17) is 0 Å². The van der Waals surface area contributed by atoms with E-state index >= 15 is 0 Å². The predicted molar refractivity (Wildman–Crippen MR) is 59.3 cm³/mol. The average Bonchev–Trinajstić information content (AvgIpc) is 2.28. The van der Waals surface area contributed by atoms with Crippen molar-refractivity contribution in [2.75, 3.05) is 13.1 Å². The first-order chi connectivity index (χ1) is 7.66. The van der Waals surface area contributed by atoms with Gasteiger partial charge in [0.25, 0.3) is 5.91 Å². The molecule has 1 aromatic rings. The number of amides is 1. The molecule has 86 valence electrons. The zero-order valence-corrected chi connectivity index (χ0v) is 8.97. The number of rotatable bonds is 1. The van der Waals surface area contributed by atoms with Gasteiger partial charge in [-0.2, -0.15) is 0 Å². The molecule has 0 unspecified atom stereocenters. The van der Waals surface area contributed by atoms with E-state index in [-0.39, 0.29) is 11.7 Å². The van der Waals surface area contributed by atoms with Crippen LogP contribution in [0, 0.1) is 0 Å². The Kier molecular flexibility index (Phi) is 3.10.